The summed E-state index contributed by atoms with van der Waals surface area (Å²) >= 11 is 0. The standard InChI is InChI=1S/C22H28O4/c1-16-17(2)21(24-14-18-9-5-3-6-10-18)22(26-20(16)13-23)25-15-19-11-7-4-8-12-19/h3-12,16-17,20-23H,13-15H2,1-2H3/t16-,17-,20?,21?,22-/m0/s1. The lowest BCUT2D eigenvalue weighted by Crippen LogP contribution is -2.52. The monoisotopic (exact) mass is 356 g/mol. The molecule has 0 radical (unpaired) electrons. The summed E-state index contributed by atoms with van der Waals surface area (Å²) in [6.45, 7) is 5.20. The predicted octanol–water partition coefficient (Wildman–Crippen LogP) is 3.78. The van der Waals surface area contributed by atoms with Crippen molar-refractivity contribution in [2.75, 3.05) is 6.61 Å². The van der Waals surface area contributed by atoms with E-state index in [4.69, 9.17) is 14.2 Å². The van der Waals surface area contributed by atoms with Gasteiger partial charge in [-0.05, 0) is 23.0 Å². The van der Waals surface area contributed by atoms with Crippen LogP contribution >= 0.6 is 0 Å². The van der Waals surface area contributed by atoms with Crippen LogP contribution in [0.3, 0.4) is 0 Å². The summed E-state index contributed by atoms with van der Waals surface area (Å²) in [6, 6.07) is 20.1. The molecule has 3 rings (SSSR count). The molecule has 0 amide bonds. The maximum atomic E-state index is 9.66. The molecule has 0 bridgehead atoms. The second-order valence-corrected chi connectivity index (χ2v) is 7.00. The molecular formula is C22H28O4. The Hall–Kier alpha value is -1.72. The second kappa shape index (κ2) is 9.28. The van der Waals surface area contributed by atoms with Crippen LogP contribution < -0.4 is 0 Å². The van der Waals surface area contributed by atoms with E-state index >= 15 is 0 Å². The van der Waals surface area contributed by atoms with Gasteiger partial charge in [0.25, 0.3) is 0 Å². The van der Waals surface area contributed by atoms with Gasteiger partial charge in [-0.25, -0.2) is 0 Å². The van der Waals surface area contributed by atoms with Crippen LogP contribution in [0.1, 0.15) is 25.0 Å². The minimum absolute atomic E-state index is 0.0118. The number of benzene rings is 2. The molecule has 2 aromatic rings. The number of rotatable bonds is 7. The van der Waals surface area contributed by atoms with Crippen molar-refractivity contribution in [3.8, 4) is 0 Å². The van der Waals surface area contributed by atoms with Crippen LogP contribution in [0.15, 0.2) is 60.7 Å². The Morgan fingerprint density at radius 3 is 1.88 bits per heavy atom. The first-order valence-corrected chi connectivity index (χ1v) is 9.26. The first-order valence-electron chi connectivity index (χ1n) is 9.26. The van der Waals surface area contributed by atoms with E-state index in [0.717, 1.165) is 11.1 Å². The van der Waals surface area contributed by atoms with Gasteiger partial charge in [0.05, 0.1) is 25.9 Å². The summed E-state index contributed by atoms with van der Waals surface area (Å²) in [4.78, 5) is 0. The van der Waals surface area contributed by atoms with Crippen molar-refractivity contribution in [2.24, 2.45) is 11.8 Å². The third kappa shape index (κ3) is 4.71. The lowest BCUT2D eigenvalue weighted by Gasteiger charge is -2.43. The van der Waals surface area contributed by atoms with Crippen LogP contribution in [0.2, 0.25) is 0 Å². The summed E-state index contributed by atoms with van der Waals surface area (Å²) in [5.41, 5.74) is 2.21. The summed E-state index contributed by atoms with van der Waals surface area (Å²) in [5.74, 6) is 0.405. The molecular weight excluding hydrogens is 328 g/mol. The maximum Gasteiger partial charge on any atom is 0.184 e. The minimum atomic E-state index is -0.498. The van der Waals surface area contributed by atoms with Crippen molar-refractivity contribution in [1.82, 2.24) is 0 Å². The molecule has 0 aliphatic carbocycles. The zero-order chi connectivity index (χ0) is 18.4. The van der Waals surface area contributed by atoms with Gasteiger partial charge in [0.2, 0.25) is 0 Å². The Morgan fingerprint density at radius 2 is 1.35 bits per heavy atom. The third-order valence-electron chi connectivity index (χ3n) is 5.23. The van der Waals surface area contributed by atoms with E-state index in [9.17, 15) is 5.11 Å². The van der Waals surface area contributed by atoms with Crippen molar-refractivity contribution < 1.29 is 19.3 Å². The van der Waals surface area contributed by atoms with Gasteiger partial charge in [0.15, 0.2) is 6.29 Å². The van der Waals surface area contributed by atoms with Crippen LogP contribution in [0.4, 0.5) is 0 Å². The Kier molecular flexibility index (Phi) is 6.80. The molecule has 1 saturated heterocycles. The highest BCUT2D eigenvalue weighted by molar-refractivity contribution is 5.14. The molecule has 1 fully saturated rings. The summed E-state index contributed by atoms with van der Waals surface area (Å²) in [5, 5.41) is 9.66. The molecule has 140 valence electrons. The van der Waals surface area contributed by atoms with E-state index in [-0.39, 0.29) is 30.7 Å². The molecule has 2 aromatic carbocycles. The third-order valence-corrected chi connectivity index (χ3v) is 5.23. The number of ether oxygens (including phenoxy) is 3. The lowest BCUT2D eigenvalue weighted by atomic mass is 9.83. The van der Waals surface area contributed by atoms with E-state index < -0.39 is 6.29 Å². The van der Waals surface area contributed by atoms with E-state index in [2.05, 4.69) is 13.8 Å². The highest BCUT2D eigenvalue weighted by Gasteiger charge is 2.42. The Morgan fingerprint density at radius 1 is 0.808 bits per heavy atom. The van der Waals surface area contributed by atoms with Crippen LogP contribution in [-0.4, -0.2) is 30.2 Å². The first kappa shape index (κ1) is 19.1. The topological polar surface area (TPSA) is 47.9 Å². The summed E-state index contributed by atoms with van der Waals surface area (Å²) in [6.07, 6.45) is -0.915. The Bertz CT molecular complexity index is 646. The maximum absolute atomic E-state index is 9.66. The second-order valence-electron chi connectivity index (χ2n) is 7.00. The molecule has 4 heteroatoms. The molecule has 1 N–H and O–H groups in total. The SMILES string of the molecule is C[C@@H]1C(CO)O[C@H](OCc2ccccc2)C(OCc2ccccc2)[C@H]1C. The van der Waals surface area contributed by atoms with E-state index in [0.29, 0.717) is 13.2 Å². The molecule has 26 heavy (non-hydrogen) atoms. The van der Waals surface area contributed by atoms with Crippen molar-refractivity contribution in [2.45, 2.75) is 45.6 Å². The zero-order valence-corrected chi connectivity index (χ0v) is 15.5. The highest BCUT2D eigenvalue weighted by Crippen LogP contribution is 2.34. The van der Waals surface area contributed by atoms with Crippen molar-refractivity contribution in [3.63, 3.8) is 0 Å². The van der Waals surface area contributed by atoms with Crippen LogP contribution in [-0.2, 0) is 27.4 Å². The molecule has 1 aliphatic rings. The molecule has 2 unspecified atom stereocenters. The molecule has 0 aromatic heterocycles. The lowest BCUT2D eigenvalue weighted by molar-refractivity contribution is -0.290. The fraction of sp³-hybridized carbons (Fsp3) is 0.455. The fourth-order valence-electron chi connectivity index (χ4n) is 3.35. The fourth-order valence-corrected chi connectivity index (χ4v) is 3.35. The molecule has 1 aliphatic heterocycles. The first-order chi connectivity index (χ1) is 12.7. The molecule has 4 nitrogen and oxygen atoms in total. The van der Waals surface area contributed by atoms with Crippen LogP contribution in [0.5, 0.6) is 0 Å². The minimum Gasteiger partial charge on any atom is -0.394 e. The largest absolute Gasteiger partial charge is 0.394 e. The number of aliphatic hydroxyl groups is 1. The van der Waals surface area contributed by atoms with Gasteiger partial charge in [-0.15, -0.1) is 0 Å². The van der Waals surface area contributed by atoms with Gasteiger partial charge in [-0.2, -0.15) is 0 Å². The van der Waals surface area contributed by atoms with Gasteiger partial charge >= 0.3 is 0 Å². The van der Waals surface area contributed by atoms with Crippen molar-refractivity contribution in [3.05, 3.63) is 71.8 Å². The number of aliphatic hydroxyl groups excluding tert-OH is 1. The van der Waals surface area contributed by atoms with E-state index in [1.807, 2.05) is 60.7 Å². The molecule has 1 heterocycles. The zero-order valence-electron chi connectivity index (χ0n) is 15.5. The van der Waals surface area contributed by atoms with Crippen molar-refractivity contribution >= 4 is 0 Å². The summed E-state index contributed by atoms with van der Waals surface area (Å²) in [7, 11) is 0. The highest BCUT2D eigenvalue weighted by atomic mass is 16.7. The quantitative estimate of drug-likeness (QED) is 0.820. The molecule has 0 spiro atoms. The van der Waals surface area contributed by atoms with Gasteiger partial charge in [-0.1, -0.05) is 74.5 Å². The van der Waals surface area contributed by atoms with Gasteiger partial charge < -0.3 is 19.3 Å². The average molecular weight is 356 g/mol. The van der Waals surface area contributed by atoms with Crippen molar-refractivity contribution in [1.29, 1.82) is 0 Å². The predicted molar refractivity (Wildman–Crippen MR) is 100 cm³/mol. The van der Waals surface area contributed by atoms with Gasteiger partial charge in [-0.3, -0.25) is 0 Å². The smallest absolute Gasteiger partial charge is 0.184 e. The Balaban J connectivity index is 1.68. The van der Waals surface area contributed by atoms with Gasteiger partial charge in [0, 0.05) is 0 Å². The van der Waals surface area contributed by atoms with E-state index in [1.54, 1.807) is 0 Å². The average Bonchev–Trinajstić information content (AvgIpc) is 2.69. The molecule has 5 atom stereocenters. The normalized spacial score (nSPS) is 28.8. The summed E-state index contributed by atoms with van der Waals surface area (Å²) < 4.78 is 18.3. The number of hydrogen-bond donors (Lipinski definition) is 1. The van der Waals surface area contributed by atoms with Crippen LogP contribution in [0.25, 0.3) is 0 Å². The van der Waals surface area contributed by atoms with E-state index in [1.165, 1.54) is 0 Å². The molecule has 0 saturated carbocycles. The van der Waals surface area contributed by atoms with Gasteiger partial charge in [0.1, 0.15) is 6.10 Å². The van der Waals surface area contributed by atoms with Crippen LogP contribution in [0, 0.1) is 11.8 Å². The number of hydrogen-bond acceptors (Lipinski definition) is 4. The Labute approximate surface area is 155 Å².